The molecule has 0 aliphatic carbocycles. The summed E-state index contributed by atoms with van der Waals surface area (Å²) in [6, 6.07) is 18.0. The van der Waals surface area contributed by atoms with E-state index in [-0.39, 0.29) is 5.91 Å². The second-order valence-corrected chi connectivity index (χ2v) is 7.71. The molecular formula is C24H28N6O. The Morgan fingerprint density at radius 1 is 0.968 bits per heavy atom. The van der Waals surface area contributed by atoms with Gasteiger partial charge in [0, 0.05) is 44.9 Å². The van der Waals surface area contributed by atoms with Crippen LogP contribution in [0, 0.1) is 6.92 Å². The predicted molar refractivity (Wildman–Crippen MR) is 122 cm³/mol. The van der Waals surface area contributed by atoms with E-state index in [1.54, 1.807) is 6.20 Å². The number of rotatable bonds is 7. The van der Waals surface area contributed by atoms with E-state index < -0.39 is 0 Å². The summed E-state index contributed by atoms with van der Waals surface area (Å²) in [5, 5.41) is 3.23. The normalized spacial score (nSPS) is 13.8. The molecule has 0 radical (unpaired) electrons. The molecule has 1 fully saturated rings. The highest BCUT2D eigenvalue weighted by molar-refractivity contribution is 5.76. The Morgan fingerprint density at radius 3 is 2.48 bits per heavy atom. The van der Waals surface area contributed by atoms with E-state index in [1.807, 2.05) is 54.3 Å². The van der Waals surface area contributed by atoms with Crippen LogP contribution in [0.25, 0.3) is 0 Å². The number of nitrogens with zero attached hydrogens (tertiary/aromatic N) is 5. The van der Waals surface area contributed by atoms with E-state index in [1.165, 1.54) is 5.56 Å². The van der Waals surface area contributed by atoms with Gasteiger partial charge in [-0.1, -0.05) is 36.4 Å². The van der Waals surface area contributed by atoms with Crippen molar-refractivity contribution in [2.24, 2.45) is 0 Å². The van der Waals surface area contributed by atoms with Crippen molar-refractivity contribution in [3.8, 4) is 0 Å². The Hall–Kier alpha value is -3.48. The number of hydrogen-bond donors (Lipinski definition) is 1. The summed E-state index contributed by atoms with van der Waals surface area (Å²) < 4.78 is 0. The van der Waals surface area contributed by atoms with Gasteiger partial charge >= 0.3 is 0 Å². The maximum atomic E-state index is 12.6. The van der Waals surface area contributed by atoms with Crippen LogP contribution in [0.4, 0.5) is 17.5 Å². The molecule has 1 aliphatic heterocycles. The molecule has 1 aromatic carbocycles. The molecule has 1 aliphatic rings. The number of pyridine rings is 1. The number of benzene rings is 1. The van der Waals surface area contributed by atoms with Crippen molar-refractivity contribution in [3.05, 3.63) is 72.2 Å². The molecule has 31 heavy (non-hydrogen) atoms. The van der Waals surface area contributed by atoms with E-state index in [0.29, 0.717) is 12.2 Å². The third-order valence-electron chi connectivity index (χ3n) is 5.40. The number of anilines is 3. The summed E-state index contributed by atoms with van der Waals surface area (Å²) >= 11 is 0. The van der Waals surface area contributed by atoms with Gasteiger partial charge in [0.1, 0.15) is 23.3 Å². The van der Waals surface area contributed by atoms with Gasteiger partial charge in [-0.25, -0.2) is 15.0 Å². The van der Waals surface area contributed by atoms with Gasteiger partial charge in [-0.15, -0.1) is 0 Å². The molecule has 7 heteroatoms. The van der Waals surface area contributed by atoms with E-state index in [9.17, 15) is 4.79 Å². The van der Waals surface area contributed by atoms with Crippen molar-refractivity contribution < 1.29 is 4.79 Å². The number of piperazine rings is 1. The summed E-state index contributed by atoms with van der Waals surface area (Å²) in [7, 11) is 0. The average Bonchev–Trinajstić information content (AvgIpc) is 2.80. The van der Waals surface area contributed by atoms with E-state index >= 15 is 0 Å². The van der Waals surface area contributed by atoms with Gasteiger partial charge in [0.05, 0.1) is 0 Å². The molecule has 0 bridgehead atoms. The third-order valence-corrected chi connectivity index (χ3v) is 5.40. The summed E-state index contributed by atoms with van der Waals surface area (Å²) in [5.74, 6) is 3.29. The molecule has 160 valence electrons. The van der Waals surface area contributed by atoms with Crippen LogP contribution in [0.5, 0.6) is 0 Å². The fraction of sp³-hybridized carbons (Fsp3) is 0.333. The zero-order valence-electron chi connectivity index (χ0n) is 17.9. The quantitative estimate of drug-likeness (QED) is 0.634. The Labute approximate surface area is 183 Å². The Bertz CT molecular complexity index is 987. The number of hydrogen-bond acceptors (Lipinski definition) is 6. The summed E-state index contributed by atoms with van der Waals surface area (Å²) in [4.78, 5) is 30.2. The molecule has 0 spiro atoms. The van der Waals surface area contributed by atoms with Gasteiger partial charge in [-0.2, -0.15) is 0 Å². The fourth-order valence-corrected chi connectivity index (χ4v) is 3.78. The lowest BCUT2D eigenvalue weighted by Crippen LogP contribution is -2.49. The molecule has 3 heterocycles. The number of aromatic nitrogens is 3. The predicted octanol–water partition coefficient (Wildman–Crippen LogP) is 3.60. The molecule has 3 aromatic rings. The minimum atomic E-state index is 0.243. The standard InChI is InChI=1S/C24H28N6O/c1-19-26-22(28-21-11-5-6-13-25-21)18-23(27-19)29-14-16-30(17-15-29)24(31)12-7-10-20-8-3-2-4-9-20/h2-6,8-9,11,13,18H,7,10,12,14-17H2,1H3,(H,25,26,27,28). The first-order chi connectivity index (χ1) is 15.2. The smallest absolute Gasteiger partial charge is 0.222 e. The average molecular weight is 417 g/mol. The van der Waals surface area contributed by atoms with Crippen LogP contribution in [0.2, 0.25) is 0 Å². The lowest BCUT2D eigenvalue weighted by molar-refractivity contribution is -0.131. The number of carbonyl (C=O) groups excluding carboxylic acids is 1. The lowest BCUT2D eigenvalue weighted by Gasteiger charge is -2.35. The molecule has 2 aromatic heterocycles. The monoisotopic (exact) mass is 416 g/mol. The minimum absolute atomic E-state index is 0.243. The van der Waals surface area contributed by atoms with Crippen molar-refractivity contribution in [3.63, 3.8) is 0 Å². The molecule has 0 unspecified atom stereocenters. The SMILES string of the molecule is Cc1nc(Nc2ccccn2)cc(N2CCN(C(=O)CCCc3ccccc3)CC2)n1. The number of carbonyl (C=O) groups is 1. The van der Waals surface area contributed by atoms with Crippen LogP contribution < -0.4 is 10.2 Å². The van der Waals surface area contributed by atoms with Gasteiger partial charge in [0.15, 0.2) is 0 Å². The summed E-state index contributed by atoms with van der Waals surface area (Å²) in [6.07, 6.45) is 4.17. The highest BCUT2D eigenvalue weighted by Gasteiger charge is 2.22. The first-order valence-corrected chi connectivity index (χ1v) is 10.8. The van der Waals surface area contributed by atoms with Crippen LogP contribution in [0.1, 0.15) is 24.2 Å². The number of aryl methyl sites for hydroxylation is 2. The molecule has 0 atom stereocenters. The number of nitrogens with one attached hydrogen (secondary N) is 1. The molecule has 7 nitrogen and oxygen atoms in total. The fourth-order valence-electron chi connectivity index (χ4n) is 3.78. The van der Waals surface area contributed by atoms with E-state index in [0.717, 1.165) is 56.5 Å². The van der Waals surface area contributed by atoms with Gasteiger partial charge in [0.2, 0.25) is 5.91 Å². The van der Waals surface area contributed by atoms with Crippen molar-refractivity contribution in [2.45, 2.75) is 26.2 Å². The zero-order valence-corrected chi connectivity index (χ0v) is 17.9. The van der Waals surface area contributed by atoms with Crippen LogP contribution in [0.3, 0.4) is 0 Å². The van der Waals surface area contributed by atoms with Crippen molar-refractivity contribution in [2.75, 3.05) is 36.4 Å². The highest BCUT2D eigenvalue weighted by Crippen LogP contribution is 2.20. The van der Waals surface area contributed by atoms with E-state index in [4.69, 9.17) is 0 Å². The maximum Gasteiger partial charge on any atom is 0.222 e. The second-order valence-electron chi connectivity index (χ2n) is 7.71. The Morgan fingerprint density at radius 2 is 1.74 bits per heavy atom. The van der Waals surface area contributed by atoms with Gasteiger partial charge in [-0.05, 0) is 37.5 Å². The van der Waals surface area contributed by atoms with E-state index in [2.05, 4.69) is 37.3 Å². The Balaban J connectivity index is 1.29. The van der Waals surface area contributed by atoms with Gasteiger partial charge < -0.3 is 15.1 Å². The van der Waals surface area contributed by atoms with Crippen LogP contribution in [0.15, 0.2) is 60.8 Å². The number of amides is 1. The zero-order chi connectivity index (χ0) is 21.5. The summed E-state index contributed by atoms with van der Waals surface area (Å²) in [5.41, 5.74) is 1.29. The highest BCUT2D eigenvalue weighted by atomic mass is 16.2. The topological polar surface area (TPSA) is 74.2 Å². The largest absolute Gasteiger partial charge is 0.353 e. The molecule has 1 saturated heterocycles. The molecule has 1 N–H and O–H groups in total. The van der Waals surface area contributed by atoms with Crippen molar-refractivity contribution >= 4 is 23.4 Å². The molecular weight excluding hydrogens is 388 g/mol. The maximum absolute atomic E-state index is 12.6. The molecule has 4 rings (SSSR count). The first-order valence-electron chi connectivity index (χ1n) is 10.8. The van der Waals surface area contributed by atoms with Crippen LogP contribution >= 0.6 is 0 Å². The summed E-state index contributed by atoms with van der Waals surface area (Å²) in [6.45, 7) is 4.86. The first kappa shape index (κ1) is 20.8. The van der Waals surface area contributed by atoms with Crippen LogP contribution in [-0.4, -0.2) is 51.9 Å². The lowest BCUT2D eigenvalue weighted by atomic mass is 10.1. The second kappa shape index (κ2) is 10.0. The third kappa shape index (κ3) is 5.78. The molecule has 1 amide bonds. The van der Waals surface area contributed by atoms with Gasteiger partial charge in [-0.3, -0.25) is 4.79 Å². The Kier molecular flexibility index (Phi) is 6.72. The molecule has 0 saturated carbocycles. The van der Waals surface area contributed by atoms with Crippen molar-refractivity contribution in [1.29, 1.82) is 0 Å². The minimum Gasteiger partial charge on any atom is -0.353 e. The van der Waals surface area contributed by atoms with Crippen molar-refractivity contribution in [1.82, 2.24) is 19.9 Å². The van der Waals surface area contributed by atoms with Gasteiger partial charge in [0.25, 0.3) is 0 Å². The van der Waals surface area contributed by atoms with Crippen LogP contribution in [-0.2, 0) is 11.2 Å².